The topological polar surface area (TPSA) is 56.0 Å². The number of hydrogen-bond acceptors (Lipinski definition) is 2. The molecule has 3 nitrogen and oxygen atoms in total. The summed E-state index contributed by atoms with van der Waals surface area (Å²) in [5.74, 6) is -0.268. The van der Waals surface area contributed by atoms with Gasteiger partial charge in [0.25, 0.3) is 0 Å². The smallest absolute Gasteiger partial charge is 0.223 e. The lowest BCUT2D eigenvalue weighted by Crippen LogP contribution is -2.31. The fraction of sp³-hybridized carbons (Fsp3) is 0.500. The zero-order chi connectivity index (χ0) is 13.1. The van der Waals surface area contributed by atoms with E-state index in [9.17, 15) is 4.79 Å². The standard InChI is InChI=1S/C12H16Br2N2O/c1-12(2,11(15)17)4-3-9-5-8(6-13)10(14)7-16-9/h5,7H,3-4,6H2,1-2H3,(H2,15,17). The van der Waals surface area contributed by atoms with Crippen LogP contribution >= 0.6 is 31.9 Å². The molecule has 0 aromatic carbocycles. The Balaban J connectivity index is 2.73. The Kier molecular flexibility index (Phi) is 5.13. The van der Waals surface area contributed by atoms with E-state index in [-0.39, 0.29) is 5.91 Å². The van der Waals surface area contributed by atoms with Crippen molar-refractivity contribution in [1.82, 2.24) is 4.98 Å². The highest BCUT2D eigenvalue weighted by Gasteiger charge is 2.24. The summed E-state index contributed by atoms with van der Waals surface area (Å²) >= 11 is 6.86. The number of rotatable bonds is 5. The van der Waals surface area contributed by atoms with Crippen LogP contribution in [0.15, 0.2) is 16.7 Å². The monoisotopic (exact) mass is 362 g/mol. The molecule has 1 rings (SSSR count). The Hall–Kier alpha value is -0.420. The van der Waals surface area contributed by atoms with Gasteiger partial charge in [-0.05, 0) is 40.4 Å². The van der Waals surface area contributed by atoms with Gasteiger partial charge in [0, 0.05) is 27.1 Å². The first kappa shape index (κ1) is 14.6. The Labute approximate surface area is 118 Å². The molecule has 1 aromatic rings. The third kappa shape index (κ3) is 4.07. The van der Waals surface area contributed by atoms with E-state index in [1.165, 1.54) is 0 Å². The van der Waals surface area contributed by atoms with Crippen LogP contribution in [0.2, 0.25) is 0 Å². The average Bonchev–Trinajstić information content (AvgIpc) is 2.28. The van der Waals surface area contributed by atoms with Gasteiger partial charge in [-0.2, -0.15) is 0 Å². The van der Waals surface area contributed by atoms with Gasteiger partial charge in [0.1, 0.15) is 0 Å². The fourth-order valence-corrected chi connectivity index (χ4v) is 2.53. The molecule has 94 valence electrons. The van der Waals surface area contributed by atoms with E-state index in [1.54, 1.807) is 6.20 Å². The van der Waals surface area contributed by atoms with Gasteiger partial charge in [-0.15, -0.1) is 0 Å². The highest BCUT2D eigenvalue weighted by atomic mass is 79.9. The Morgan fingerprint density at radius 1 is 1.53 bits per heavy atom. The SMILES string of the molecule is CC(C)(CCc1cc(CBr)c(Br)cn1)C(N)=O. The van der Waals surface area contributed by atoms with Crippen molar-refractivity contribution in [2.45, 2.75) is 32.0 Å². The van der Waals surface area contributed by atoms with Crippen molar-refractivity contribution in [3.63, 3.8) is 0 Å². The number of aryl methyl sites for hydroxylation is 1. The first-order valence-corrected chi connectivity index (χ1v) is 7.27. The maximum atomic E-state index is 11.2. The second-order valence-electron chi connectivity index (χ2n) is 4.65. The summed E-state index contributed by atoms with van der Waals surface area (Å²) in [7, 11) is 0. The molecule has 1 heterocycles. The van der Waals surface area contributed by atoms with Crippen molar-refractivity contribution in [3.8, 4) is 0 Å². The summed E-state index contributed by atoms with van der Waals surface area (Å²) in [5.41, 5.74) is 7.00. The summed E-state index contributed by atoms with van der Waals surface area (Å²) in [5, 5.41) is 0.780. The van der Waals surface area contributed by atoms with Crippen molar-refractivity contribution < 1.29 is 4.79 Å². The van der Waals surface area contributed by atoms with Gasteiger partial charge in [0.15, 0.2) is 0 Å². The summed E-state index contributed by atoms with van der Waals surface area (Å²) < 4.78 is 0.993. The minimum atomic E-state index is -0.483. The van der Waals surface area contributed by atoms with Crippen LogP contribution in [0.1, 0.15) is 31.5 Å². The number of nitrogens with zero attached hydrogens (tertiary/aromatic N) is 1. The lowest BCUT2D eigenvalue weighted by atomic mass is 9.86. The number of carbonyl (C=O) groups is 1. The molecular formula is C12H16Br2N2O. The number of nitrogens with two attached hydrogens (primary N) is 1. The number of halogens is 2. The Morgan fingerprint density at radius 3 is 2.71 bits per heavy atom. The largest absolute Gasteiger partial charge is 0.369 e. The maximum absolute atomic E-state index is 11.2. The molecule has 0 saturated carbocycles. The normalized spacial score (nSPS) is 11.5. The van der Waals surface area contributed by atoms with E-state index >= 15 is 0 Å². The van der Waals surface area contributed by atoms with E-state index < -0.39 is 5.41 Å². The quantitative estimate of drug-likeness (QED) is 0.816. The van der Waals surface area contributed by atoms with E-state index in [0.717, 1.165) is 27.5 Å². The van der Waals surface area contributed by atoms with Gasteiger partial charge >= 0.3 is 0 Å². The molecule has 5 heteroatoms. The minimum absolute atomic E-state index is 0.268. The molecule has 0 aliphatic heterocycles. The van der Waals surface area contributed by atoms with Crippen LogP contribution in [0.5, 0.6) is 0 Å². The molecule has 0 saturated heterocycles. The fourth-order valence-electron chi connectivity index (χ4n) is 1.33. The summed E-state index contributed by atoms with van der Waals surface area (Å²) in [6, 6.07) is 2.04. The van der Waals surface area contributed by atoms with Gasteiger partial charge in [0.2, 0.25) is 5.91 Å². The number of alkyl halides is 1. The number of pyridine rings is 1. The summed E-state index contributed by atoms with van der Waals surface area (Å²) in [6.45, 7) is 3.72. The van der Waals surface area contributed by atoms with Crippen LogP contribution in [-0.4, -0.2) is 10.9 Å². The molecule has 0 bridgehead atoms. The third-order valence-corrected chi connectivity index (χ3v) is 4.13. The molecule has 1 amide bonds. The second kappa shape index (κ2) is 5.96. The number of carbonyl (C=O) groups excluding carboxylic acids is 1. The van der Waals surface area contributed by atoms with Crippen LogP contribution in [0.4, 0.5) is 0 Å². The van der Waals surface area contributed by atoms with Gasteiger partial charge in [-0.25, -0.2) is 0 Å². The van der Waals surface area contributed by atoms with E-state index in [4.69, 9.17) is 5.73 Å². The Morgan fingerprint density at radius 2 is 2.18 bits per heavy atom. The molecule has 0 unspecified atom stereocenters. The van der Waals surface area contributed by atoms with E-state index in [0.29, 0.717) is 6.42 Å². The predicted molar refractivity (Wildman–Crippen MR) is 75.9 cm³/mol. The number of hydrogen-bond donors (Lipinski definition) is 1. The van der Waals surface area contributed by atoms with Crippen LogP contribution in [0.3, 0.4) is 0 Å². The molecule has 2 N–H and O–H groups in total. The van der Waals surface area contributed by atoms with Gasteiger partial charge in [0.05, 0.1) is 0 Å². The van der Waals surface area contributed by atoms with Gasteiger partial charge in [-0.1, -0.05) is 29.8 Å². The molecule has 0 spiro atoms. The molecule has 0 aliphatic carbocycles. The van der Waals surface area contributed by atoms with Crippen LogP contribution in [0.25, 0.3) is 0 Å². The minimum Gasteiger partial charge on any atom is -0.369 e. The first-order chi connectivity index (χ1) is 7.86. The van der Waals surface area contributed by atoms with Crippen molar-refractivity contribution >= 4 is 37.8 Å². The van der Waals surface area contributed by atoms with Crippen molar-refractivity contribution in [2.75, 3.05) is 0 Å². The summed E-state index contributed by atoms with van der Waals surface area (Å²) in [4.78, 5) is 15.5. The average molecular weight is 364 g/mol. The van der Waals surface area contributed by atoms with Crippen molar-refractivity contribution in [2.24, 2.45) is 11.1 Å². The third-order valence-electron chi connectivity index (χ3n) is 2.81. The summed E-state index contributed by atoms with van der Waals surface area (Å²) in [6.07, 6.45) is 3.26. The molecule has 0 radical (unpaired) electrons. The zero-order valence-electron chi connectivity index (χ0n) is 9.96. The van der Waals surface area contributed by atoms with Crippen LogP contribution in [-0.2, 0) is 16.5 Å². The lowest BCUT2D eigenvalue weighted by molar-refractivity contribution is -0.126. The molecule has 0 fully saturated rings. The Bertz CT molecular complexity index is 419. The maximum Gasteiger partial charge on any atom is 0.223 e. The van der Waals surface area contributed by atoms with E-state index in [1.807, 2.05) is 19.9 Å². The highest BCUT2D eigenvalue weighted by Crippen LogP contribution is 2.24. The predicted octanol–water partition coefficient (Wildman–Crippen LogP) is 3.18. The number of amides is 1. The van der Waals surface area contributed by atoms with Crippen LogP contribution < -0.4 is 5.73 Å². The lowest BCUT2D eigenvalue weighted by Gasteiger charge is -2.19. The highest BCUT2D eigenvalue weighted by molar-refractivity contribution is 9.10. The van der Waals surface area contributed by atoms with Gasteiger partial charge in [-0.3, -0.25) is 9.78 Å². The first-order valence-electron chi connectivity index (χ1n) is 5.36. The van der Waals surface area contributed by atoms with Crippen molar-refractivity contribution in [1.29, 1.82) is 0 Å². The zero-order valence-corrected chi connectivity index (χ0v) is 13.1. The molecular weight excluding hydrogens is 348 g/mol. The molecule has 17 heavy (non-hydrogen) atoms. The van der Waals surface area contributed by atoms with Crippen LogP contribution in [0, 0.1) is 5.41 Å². The van der Waals surface area contributed by atoms with Gasteiger partial charge < -0.3 is 5.73 Å². The molecule has 1 aromatic heterocycles. The molecule has 0 atom stereocenters. The second-order valence-corrected chi connectivity index (χ2v) is 6.06. The number of primary amides is 1. The van der Waals surface area contributed by atoms with E-state index in [2.05, 4.69) is 36.8 Å². The molecule has 0 aliphatic rings. The number of aromatic nitrogens is 1. The van der Waals surface area contributed by atoms with Crippen molar-refractivity contribution in [3.05, 3.63) is 28.0 Å².